The van der Waals surface area contributed by atoms with E-state index in [1.54, 1.807) is 0 Å². The van der Waals surface area contributed by atoms with Crippen molar-refractivity contribution in [3.8, 4) is 0 Å². The third-order valence-corrected chi connectivity index (χ3v) is 3.25. The van der Waals surface area contributed by atoms with Crippen LogP contribution in [-0.2, 0) is 19.2 Å². The summed E-state index contributed by atoms with van der Waals surface area (Å²) in [5, 5.41) is 35.5. The zero-order chi connectivity index (χ0) is 20.0. The van der Waals surface area contributed by atoms with Gasteiger partial charge in [-0.15, -0.1) is 0 Å². The molecule has 146 valence electrons. The Morgan fingerprint density at radius 1 is 1.04 bits per heavy atom. The highest BCUT2D eigenvalue weighted by Crippen LogP contribution is 2.03. The van der Waals surface area contributed by atoms with E-state index in [9.17, 15) is 19.2 Å². The molecule has 0 radical (unpaired) electrons. The lowest BCUT2D eigenvalue weighted by molar-refractivity contribution is -0.141. The maximum absolute atomic E-state index is 10.1. The van der Waals surface area contributed by atoms with Crippen molar-refractivity contribution >= 4 is 36.5 Å². The maximum Gasteiger partial charge on any atom is 0.321 e. The lowest BCUT2D eigenvalue weighted by Gasteiger charge is -2.01. The molecule has 0 saturated carbocycles. The van der Waals surface area contributed by atoms with Crippen LogP contribution >= 0.6 is 12.6 Å². The number of rotatable bonds is 7. The highest BCUT2D eigenvalue weighted by atomic mass is 32.1. The molecular weight excluding hydrogens is 358 g/mol. The van der Waals surface area contributed by atoms with Gasteiger partial charge in [0, 0.05) is 12.2 Å². The summed E-state index contributed by atoms with van der Waals surface area (Å²) in [6.07, 6.45) is 1.56. The van der Waals surface area contributed by atoms with Crippen LogP contribution in [0.25, 0.3) is 0 Å². The molecular formula is C13H25N3O8S. The number of aliphatic carboxylic acids is 4. The molecule has 9 N–H and O–H groups in total. The zero-order valence-electron chi connectivity index (χ0n) is 13.5. The van der Waals surface area contributed by atoms with Gasteiger partial charge in [-0.3, -0.25) is 19.2 Å². The number of hydrogen-bond acceptors (Lipinski definition) is 8. The van der Waals surface area contributed by atoms with Gasteiger partial charge in [-0.05, 0) is 25.8 Å². The minimum atomic E-state index is -1.17. The largest absolute Gasteiger partial charge is 0.481 e. The van der Waals surface area contributed by atoms with Crippen molar-refractivity contribution in [2.24, 2.45) is 11.5 Å². The van der Waals surface area contributed by atoms with E-state index in [0.717, 1.165) is 19.4 Å². The number of carboxylic acids is 4. The minimum absolute atomic E-state index is 0.0231. The Hall–Kier alpha value is -1.89. The molecule has 0 bridgehead atoms. The predicted molar refractivity (Wildman–Crippen MR) is 90.6 cm³/mol. The molecule has 25 heavy (non-hydrogen) atoms. The van der Waals surface area contributed by atoms with Crippen LogP contribution in [-0.4, -0.2) is 74.7 Å². The molecule has 1 rings (SSSR count). The van der Waals surface area contributed by atoms with Crippen LogP contribution in [0.1, 0.15) is 25.7 Å². The summed E-state index contributed by atoms with van der Waals surface area (Å²) in [5.74, 6) is -3.73. The summed E-state index contributed by atoms with van der Waals surface area (Å²) in [6.45, 7) is 0.858. The predicted octanol–water partition coefficient (Wildman–Crippen LogP) is -1.59. The SMILES string of the molecule is NC(CCC(=O)O)C(=O)O.NC(CS)C(=O)O.O=C(O)[C@@H]1CCCN1. The van der Waals surface area contributed by atoms with Crippen LogP contribution in [0.2, 0.25) is 0 Å². The molecule has 1 aliphatic heterocycles. The number of nitrogens with two attached hydrogens (primary N) is 2. The summed E-state index contributed by atoms with van der Waals surface area (Å²) in [7, 11) is 0. The van der Waals surface area contributed by atoms with E-state index in [4.69, 9.17) is 31.9 Å². The number of thiol groups is 1. The summed E-state index contributed by atoms with van der Waals surface area (Å²) >= 11 is 3.65. The van der Waals surface area contributed by atoms with Gasteiger partial charge >= 0.3 is 23.9 Å². The first kappa shape index (κ1) is 25.4. The molecule has 12 heteroatoms. The average Bonchev–Trinajstić information content (AvgIpc) is 3.07. The third kappa shape index (κ3) is 15.4. The monoisotopic (exact) mass is 383 g/mol. The molecule has 1 fully saturated rings. The van der Waals surface area contributed by atoms with Crippen LogP contribution in [0.5, 0.6) is 0 Å². The molecule has 1 heterocycles. The van der Waals surface area contributed by atoms with Gasteiger partial charge in [0.15, 0.2) is 0 Å². The van der Waals surface area contributed by atoms with Gasteiger partial charge in [0.1, 0.15) is 18.1 Å². The third-order valence-electron chi connectivity index (χ3n) is 2.86. The number of carboxylic acid groups (broad SMARTS) is 4. The van der Waals surface area contributed by atoms with Gasteiger partial charge in [-0.2, -0.15) is 12.6 Å². The first-order valence-electron chi connectivity index (χ1n) is 7.28. The molecule has 2 unspecified atom stereocenters. The molecule has 3 atom stereocenters. The zero-order valence-corrected chi connectivity index (χ0v) is 14.4. The van der Waals surface area contributed by atoms with Gasteiger partial charge < -0.3 is 37.2 Å². The average molecular weight is 383 g/mol. The Balaban J connectivity index is 0. The van der Waals surface area contributed by atoms with E-state index in [0.29, 0.717) is 0 Å². The fraction of sp³-hybridized carbons (Fsp3) is 0.692. The van der Waals surface area contributed by atoms with E-state index in [2.05, 4.69) is 17.9 Å². The molecule has 0 aromatic heterocycles. The van der Waals surface area contributed by atoms with E-state index in [-0.39, 0.29) is 24.6 Å². The van der Waals surface area contributed by atoms with Crippen molar-refractivity contribution in [2.75, 3.05) is 12.3 Å². The summed E-state index contributed by atoms with van der Waals surface area (Å²) in [6, 6.07) is -2.14. The molecule has 0 aromatic carbocycles. The fourth-order valence-corrected chi connectivity index (χ4v) is 1.53. The standard InChI is InChI=1S/C5H9NO4.C5H9NO2.C3H7NO2S/c6-3(5(9)10)1-2-4(7)8;7-5(8)4-2-1-3-6-4;4-2(1-7)3(5)6/h3H,1-2,6H2,(H,7,8)(H,9,10);4,6H,1-3H2,(H,7,8);2,7H,1,4H2,(H,5,6)/t;4-;/m.0./s1. The molecule has 0 spiro atoms. The lowest BCUT2D eigenvalue weighted by atomic mass is 10.2. The van der Waals surface area contributed by atoms with E-state index in [1.165, 1.54) is 0 Å². The molecule has 0 aromatic rings. The van der Waals surface area contributed by atoms with Crippen molar-refractivity contribution in [3.05, 3.63) is 0 Å². The molecule has 11 nitrogen and oxygen atoms in total. The van der Waals surface area contributed by atoms with Crippen molar-refractivity contribution in [2.45, 2.75) is 43.8 Å². The Morgan fingerprint density at radius 3 is 1.76 bits per heavy atom. The summed E-state index contributed by atoms with van der Waals surface area (Å²) in [4.78, 5) is 39.8. The maximum atomic E-state index is 10.1. The van der Waals surface area contributed by atoms with Crippen LogP contribution < -0.4 is 16.8 Å². The summed E-state index contributed by atoms with van der Waals surface area (Å²) < 4.78 is 0. The number of hydrogen-bond donors (Lipinski definition) is 8. The van der Waals surface area contributed by atoms with Crippen LogP contribution in [0.3, 0.4) is 0 Å². The van der Waals surface area contributed by atoms with E-state index < -0.39 is 36.0 Å². The van der Waals surface area contributed by atoms with Crippen LogP contribution in [0.4, 0.5) is 0 Å². The second-order valence-electron chi connectivity index (χ2n) is 4.99. The van der Waals surface area contributed by atoms with Crippen molar-refractivity contribution < 1.29 is 39.6 Å². The highest BCUT2D eigenvalue weighted by Gasteiger charge is 2.20. The number of nitrogens with one attached hydrogen (secondary N) is 1. The Morgan fingerprint density at radius 2 is 1.56 bits per heavy atom. The van der Waals surface area contributed by atoms with Gasteiger partial charge in [-0.1, -0.05) is 0 Å². The smallest absolute Gasteiger partial charge is 0.321 e. The Labute approximate surface area is 149 Å². The topological polar surface area (TPSA) is 213 Å². The first-order chi connectivity index (χ1) is 11.5. The lowest BCUT2D eigenvalue weighted by Crippen LogP contribution is -2.31. The fourth-order valence-electron chi connectivity index (χ4n) is 1.38. The summed E-state index contributed by atoms with van der Waals surface area (Å²) in [5.41, 5.74) is 9.94. The molecule has 0 amide bonds. The second kappa shape index (κ2) is 14.5. The highest BCUT2D eigenvalue weighted by molar-refractivity contribution is 7.80. The molecule has 1 aliphatic rings. The van der Waals surface area contributed by atoms with E-state index >= 15 is 0 Å². The van der Waals surface area contributed by atoms with Crippen molar-refractivity contribution in [1.29, 1.82) is 0 Å². The first-order valence-corrected chi connectivity index (χ1v) is 7.91. The normalized spacial score (nSPS) is 17.8. The quantitative estimate of drug-likeness (QED) is 0.235. The number of carbonyl (C=O) groups is 4. The Bertz CT molecular complexity index is 443. The molecule has 0 aliphatic carbocycles. The van der Waals surface area contributed by atoms with E-state index in [1.807, 2.05) is 0 Å². The van der Waals surface area contributed by atoms with Gasteiger partial charge in [0.25, 0.3) is 0 Å². The van der Waals surface area contributed by atoms with Crippen molar-refractivity contribution in [3.63, 3.8) is 0 Å². The van der Waals surface area contributed by atoms with Gasteiger partial charge in [-0.25, -0.2) is 0 Å². The van der Waals surface area contributed by atoms with Crippen LogP contribution in [0.15, 0.2) is 0 Å². The van der Waals surface area contributed by atoms with Gasteiger partial charge in [0.05, 0.1) is 0 Å². The Kier molecular flexibility index (Phi) is 14.7. The minimum Gasteiger partial charge on any atom is -0.481 e. The van der Waals surface area contributed by atoms with Crippen molar-refractivity contribution in [1.82, 2.24) is 5.32 Å². The molecule has 1 saturated heterocycles. The van der Waals surface area contributed by atoms with Gasteiger partial charge in [0.2, 0.25) is 0 Å². The second-order valence-corrected chi connectivity index (χ2v) is 5.36. The van der Waals surface area contributed by atoms with Crippen LogP contribution in [0, 0.1) is 0 Å².